The topological polar surface area (TPSA) is 85.2 Å². The van der Waals surface area contributed by atoms with Crippen molar-refractivity contribution < 1.29 is 29.2 Å². The van der Waals surface area contributed by atoms with Crippen LogP contribution in [0.5, 0.6) is 17.2 Å². The van der Waals surface area contributed by atoms with E-state index < -0.39 is 6.10 Å². The fraction of sp³-hybridized carbons (Fsp3) is 0.357. The molecular weight excluding hydrogens is 264 g/mol. The van der Waals surface area contributed by atoms with E-state index in [1.807, 2.05) is 0 Å². The Bertz CT molecular complexity index is 549. The molecule has 1 heterocycles. The zero-order valence-corrected chi connectivity index (χ0v) is 11.3. The van der Waals surface area contributed by atoms with Crippen LogP contribution in [0.1, 0.15) is 5.56 Å². The third kappa shape index (κ3) is 2.76. The second-order valence-corrected chi connectivity index (χ2v) is 4.39. The maximum atomic E-state index is 12.0. The molecule has 0 aliphatic carbocycles. The first-order valence-corrected chi connectivity index (χ1v) is 6.02. The van der Waals surface area contributed by atoms with Crippen LogP contribution in [0.25, 0.3) is 6.08 Å². The number of fused-ring (bicyclic) bond motifs is 1. The Hall–Kier alpha value is -2.05. The highest BCUT2D eigenvalue weighted by Gasteiger charge is 2.29. The van der Waals surface area contributed by atoms with Gasteiger partial charge in [-0.25, -0.2) is 0 Å². The van der Waals surface area contributed by atoms with E-state index in [2.05, 4.69) is 0 Å². The van der Waals surface area contributed by atoms with Gasteiger partial charge in [0, 0.05) is 31.9 Å². The second kappa shape index (κ2) is 5.94. The molecule has 1 aromatic carbocycles. The first kappa shape index (κ1) is 14.4. The predicted octanol–water partition coefficient (Wildman–Crippen LogP) is 1.10. The standard InChI is InChI=1S/C14H16O6/c1-18-6-12(17)10-5-9-11(16)3-8(15)4-13(9)20-14(10)7-19-2/h3-5,14-16H,6-7H2,1-2H3. The van der Waals surface area contributed by atoms with Crippen molar-refractivity contribution in [3.05, 3.63) is 23.3 Å². The summed E-state index contributed by atoms with van der Waals surface area (Å²) in [6, 6.07) is 2.57. The number of hydrogen-bond donors (Lipinski definition) is 2. The maximum absolute atomic E-state index is 12.0. The SMILES string of the molecule is COCC(=O)C1=Cc2c(O)cc(O)cc2OC1COC. The monoisotopic (exact) mass is 280 g/mol. The summed E-state index contributed by atoms with van der Waals surface area (Å²) in [5.41, 5.74) is 0.719. The molecule has 0 bridgehead atoms. The number of benzene rings is 1. The van der Waals surface area contributed by atoms with Gasteiger partial charge in [0.15, 0.2) is 11.9 Å². The molecule has 1 aliphatic heterocycles. The lowest BCUT2D eigenvalue weighted by atomic mass is 9.98. The molecule has 0 radical (unpaired) electrons. The highest BCUT2D eigenvalue weighted by molar-refractivity contribution is 6.02. The molecule has 0 fully saturated rings. The maximum Gasteiger partial charge on any atom is 0.188 e. The molecule has 0 saturated heterocycles. The van der Waals surface area contributed by atoms with Gasteiger partial charge in [0.05, 0.1) is 12.2 Å². The molecule has 20 heavy (non-hydrogen) atoms. The van der Waals surface area contributed by atoms with Crippen LogP contribution < -0.4 is 4.74 Å². The molecule has 108 valence electrons. The minimum absolute atomic E-state index is 0.0798. The van der Waals surface area contributed by atoms with Crippen LogP contribution in [0, 0.1) is 0 Å². The van der Waals surface area contributed by atoms with E-state index in [0.29, 0.717) is 16.9 Å². The molecule has 6 nitrogen and oxygen atoms in total. The largest absolute Gasteiger partial charge is 0.508 e. The van der Waals surface area contributed by atoms with Crippen LogP contribution in [-0.4, -0.2) is 49.5 Å². The van der Waals surface area contributed by atoms with Gasteiger partial charge in [0.2, 0.25) is 0 Å². The first-order chi connectivity index (χ1) is 9.56. The average molecular weight is 280 g/mol. The average Bonchev–Trinajstić information content (AvgIpc) is 2.38. The summed E-state index contributed by atoms with van der Waals surface area (Å²) in [6.07, 6.45) is 0.940. The predicted molar refractivity (Wildman–Crippen MR) is 70.9 cm³/mol. The molecule has 0 amide bonds. The van der Waals surface area contributed by atoms with Crippen LogP contribution in [0.4, 0.5) is 0 Å². The molecule has 0 spiro atoms. The smallest absolute Gasteiger partial charge is 0.188 e. The van der Waals surface area contributed by atoms with Gasteiger partial charge < -0.3 is 24.4 Å². The number of aromatic hydroxyl groups is 2. The molecule has 0 saturated carbocycles. The molecule has 1 aromatic rings. The zero-order chi connectivity index (χ0) is 14.7. The second-order valence-electron chi connectivity index (χ2n) is 4.39. The Labute approximate surface area is 116 Å². The fourth-order valence-electron chi connectivity index (χ4n) is 2.06. The number of rotatable bonds is 5. The van der Waals surface area contributed by atoms with Gasteiger partial charge in [-0.1, -0.05) is 0 Å². The lowest BCUT2D eigenvalue weighted by molar-refractivity contribution is -0.120. The summed E-state index contributed by atoms with van der Waals surface area (Å²) >= 11 is 0. The summed E-state index contributed by atoms with van der Waals surface area (Å²) in [7, 11) is 2.92. The van der Waals surface area contributed by atoms with E-state index in [-0.39, 0.29) is 30.5 Å². The molecule has 6 heteroatoms. The van der Waals surface area contributed by atoms with Crippen LogP contribution >= 0.6 is 0 Å². The van der Waals surface area contributed by atoms with Crippen molar-refractivity contribution in [1.82, 2.24) is 0 Å². The Morgan fingerprint density at radius 1 is 1.30 bits per heavy atom. The van der Waals surface area contributed by atoms with E-state index >= 15 is 0 Å². The number of methoxy groups -OCH3 is 2. The van der Waals surface area contributed by atoms with Crippen LogP contribution in [0.2, 0.25) is 0 Å². The Balaban J connectivity index is 2.44. The van der Waals surface area contributed by atoms with Gasteiger partial charge in [0.25, 0.3) is 0 Å². The van der Waals surface area contributed by atoms with Crippen LogP contribution in [0.15, 0.2) is 17.7 Å². The van der Waals surface area contributed by atoms with E-state index in [1.165, 1.54) is 26.4 Å². The van der Waals surface area contributed by atoms with Crippen molar-refractivity contribution in [2.24, 2.45) is 0 Å². The third-order valence-corrected chi connectivity index (χ3v) is 2.94. The van der Waals surface area contributed by atoms with Gasteiger partial charge in [-0.2, -0.15) is 0 Å². The minimum atomic E-state index is -0.601. The van der Waals surface area contributed by atoms with Crippen molar-refractivity contribution in [2.45, 2.75) is 6.10 Å². The Kier molecular flexibility index (Phi) is 4.26. The van der Waals surface area contributed by atoms with Crippen molar-refractivity contribution in [3.8, 4) is 17.2 Å². The number of Topliss-reactive ketones (excluding diaryl/α,β-unsaturated/α-hetero) is 1. The van der Waals surface area contributed by atoms with Gasteiger partial charge in [-0.15, -0.1) is 0 Å². The molecule has 2 rings (SSSR count). The Morgan fingerprint density at radius 3 is 2.70 bits per heavy atom. The van der Waals surface area contributed by atoms with E-state index in [4.69, 9.17) is 14.2 Å². The number of carbonyl (C=O) groups is 1. The lowest BCUT2D eigenvalue weighted by Crippen LogP contribution is -2.32. The van der Waals surface area contributed by atoms with Gasteiger partial charge in [-0.05, 0) is 6.08 Å². The number of hydrogen-bond acceptors (Lipinski definition) is 6. The number of ketones is 1. The zero-order valence-electron chi connectivity index (χ0n) is 11.3. The number of phenolic OH excluding ortho intramolecular Hbond substituents is 2. The first-order valence-electron chi connectivity index (χ1n) is 6.02. The normalized spacial score (nSPS) is 17.1. The molecule has 1 unspecified atom stereocenters. The van der Waals surface area contributed by atoms with Gasteiger partial charge in [0.1, 0.15) is 23.9 Å². The van der Waals surface area contributed by atoms with Crippen molar-refractivity contribution in [2.75, 3.05) is 27.4 Å². The molecular formula is C14H16O6. The summed E-state index contributed by atoms with van der Waals surface area (Å²) < 4.78 is 15.5. The molecule has 0 aromatic heterocycles. The molecule has 1 aliphatic rings. The quantitative estimate of drug-likeness (QED) is 0.840. The summed E-state index contributed by atoms with van der Waals surface area (Å²) in [5, 5.41) is 19.3. The highest BCUT2D eigenvalue weighted by atomic mass is 16.5. The summed E-state index contributed by atoms with van der Waals surface area (Å²) in [5.74, 6) is -0.206. The van der Waals surface area contributed by atoms with Gasteiger partial charge >= 0.3 is 0 Å². The third-order valence-electron chi connectivity index (χ3n) is 2.94. The fourth-order valence-corrected chi connectivity index (χ4v) is 2.06. The molecule has 1 atom stereocenters. The summed E-state index contributed by atoms with van der Waals surface area (Å²) in [4.78, 5) is 12.0. The minimum Gasteiger partial charge on any atom is -0.508 e. The van der Waals surface area contributed by atoms with E-state index in [0.717, 1.165) is 0 Å². The van der Waals surface area contributed by atoms with Crippen LogP contribution in [0.3, 0.4) is 0 Å². The van der Waals surface area contributed by atoms with E-state index in [1.54, 1.807) is 6.08 Å². The number of carbonyl (C=O) groups excluding carboxylic acids is 1. The van der Waals surface area contributed by atoms with Crippen molar-refractivity contribution in [3.63, 3.8) is 0 Å². The molecule has 2 N–H and O–H groups in total. The van der Waals surface area contributed by atoms with Gasteiger partial charge in [-0.3, -0.25) is 4.79 Å². The number of phenols is 2. The summed E-state index contributed by atoms with van der Waals surface area (Å²) in [6.45, 7) is 0.0979. The van der Waals surface area contributed by atoms with Crippen molar-refractivity contribution in [1.29, 1.82) is 0 Å². The lowest BCUT2D eigenvalue weighted by Gasteiger charge is -2.26. The van der Waals surface area contributed by atoms with E-state index in [9.17, 15) is 15.0 Å². The Morgan fingerprint density at radius 2 is 2.05 bits per heavy atom. The van der Waals surface area contributed by atoms with Crippen molar-refractivity contribution >= 4 is 11.9 Å². The van der Waals surface area contributed by atoms with Crippen LogP contribution in [-0.2, 0) is 14.3 Å². The highest BCUT2D eigenvalue weighted by Crippen LogP contribution is 2.39. The number of ether oxygens (including phenoxy) is 3.